The van der Waals surface area contributed by atoms with E-state index in [9.17, 15) is 0 Å². The van der Waals surface area contributed by atoms with Crippen LogP contribution in [-0.4, -0.2) is 24.5 Å². The lowest BCUT2D eigenvalue weighted by molar-refractivity contribution is 0.285. The molecule has 1 fully saturated rings. The Balaban J connectivity index is 1.80. The lowest BCUT2D eigenvalue weighted by Crippen LogP contribution is -2.19. The number of hydrogen-bond acceptors (Lipinski definition) is 3. The predicted octanol–water partition coefficient (Wildman–Crippen LogP) is 2.87. The third-order valence-electron chi connectivity index (χ3n) is 3.91. The average Bonchev–Trinajstić information content (AvgIpc) is 2.88. The molecule has 0 saturated carbocycles. The van der Waals surface area contributed by atoms with Crippen LogP contribution in [0.2, 0.25) is 0 Å². The summed E-state index contributed by atoms with van der Waals surface area (Å²) in [6.07, 6.45) is 3.06. The van der Waals surface area contributed by atoms with Crippen molar-refractivity contribution in [2.24, 2.45) is 11.8 Å². The quantitative estimate of drug-likeness (QED) is 0.787. The fourth-order valence-corrected chi connectivity index (χ4v) is 2.61. The molecule has 3 nitrogen and oxygen atoms in total. The molecule has 1 aromatic rings. The first-order valence-corrected chi connectivity index (χ1v) is 7.18. The minimum Gasteiger partial charge on any atom is -0.468 e. The molecule has 1 N–H and O–H groups in total. The summed E-state index contributed by atoms with van der Waals surface area (Å²) in [6.45, 7) is 12.2. The lowest BCUT2D eigenvalue weighted by Gasteiger charge is -2.12. The number of rotatable bonds is 6. The van der Waals surface area contributed by atoms with E-state index in [1.165, 1.54) is 25.1 Å². The van der Waals surface area contributed by atoms with E-state index in [-0.39, 0.29) is 0 Å². The van der Waals surface area contributed by atoms with Gasteiger partial charge in [-0.2, -0.15) is 0 Å². The molecular formula is C15H26N2O. The van der Waals surface area contributed by atoms with Gasteiger partial charge in [-0.3, -0.25) is 4.90 Å². The number of hydrogen-bond donors (Lipinski definition) is 1. The summed E-state index contributed by atoms with van der Waals surface area (Å²) in [5, 5.41) is 3.40. The van der Waals surface area contributed by atoms with E-state index in [0.29, 0.717) is 0 Å². The van der Waals surface area contributed by atoms with Gasteiger partial charge in [-0.05, 0) is 30.9 Å². The highest BCUT2D eigenvalue weighted by atomic mass is 16.3. The second-order valence-corrected chi connectivity index (χ2v) is 5.75. The molecule has 102 valence electrons. The van der Waals surface area contributed by atoms with Crippen molar-refractivity contribution < 1.29 is 4.42 Å². The van der Waals surface area contributed by atoms with Crippen LogP contribution in [0.4, 0.5) is 0 Å². The third-order valence-corrected chi connectivity index (χ3v) is 3.91. The van der Waals surface area contributed by atoms with Crippen molar-refractivity contribution in [1.29, 1.82) is 0 Å². The third kappa shape index (κ3) is 3.59. The van der Waals surface area contributed by atoms with Crippen molar-refractivity contribution in [2.45, 2.75) is 40.3 Å². The van der Waals surface area contributed by atoms with E-state index in [1.807, 2.05) is 6.26 Å². The smallest absolute Gasteiger partial charge is 0.118 e. The standard InChI is InChI=1S/C15H26N2O/c1-4-5-16-7-14-6-15(18-11-14)10-17-8-12(2)13(3)9-17/h6,11-13,16H,4-5,7-10H2,1-3H3. The summed E-state index contributed by atoms with van der Waals surface area (Å²) in [5.74, 6) is 2.72. The number of likely N-dealkylation sites (tertiary alicyclic amines) is 1. The Bertz CT molecular complexity index is 351. The van der Waals surface area contributed by atoms with Gasteiger partial charge in [0.25, 0.3) is 0 Å². The maximum atomic E-state index is 5.65. The van der Waals surface area contributed by atoms with E-state index >= 15 is 0 Å². The Hall–Kier alpha value is -0.800. The Morgan fingerprint density at radius 2 is 2.06 bits per heavy atom. The minimum absolute atomic E-state index is 0.811. The maximum Gasteiger partial charge on any atom is 0.118 e. The van der Waals surface area contributed by atoms with Gasteiger partial charge < -0.3 is 9.73 Å². The molecule has 2 heterocycles. The van der Waals surface area contributed by atoms with E-state index in [4.69, 9.17) is 4.42 Å². The van der Waals surface area contributed by atoms with Crippen LogP contribution in [0.1, 0.15) is 38.5 Å². The summed E-state index contributed by atoms with van der Waals surface area (Å²) in [6, 6.07) is 2.19. The van der Waals surface area contributed by atoms with Crippen LogP contribution >= 0.6 is 0 Å². The summed E-state index contributed by atoms with van der Waals surface area (Å²) < 4.78 is 5.65. The van der Waals surface area contributed by atoms with Crippen molar-refractivity contribution in [3.63, 3.8) is 0 Å². The SMILES string of the molecule is CCCNCc1coc(CN2CC(C)C(C)C2)c1. The summed E-state index contributed by atoms with van der Waals surface area (Å²) in [7, 11) is 0. The molecule has 3 heteroatoms. The Kier molecular flexibility index (Phi) is 4.84. The molecule has 0 amide bonds. The number of nitrogens with one attached hydrogen (secondary N) is 1. The first kappa shape index (κ1) is 13.6. The molecule has 1 saturated heterocycles. The highest BCUT2D eigenvalue weighted by molar-refractivity contribution is 5.12. The molecule has 0 aliphatic carbocycles. The molecule has 1 aromatic heterocycles. The zero-order chi connectivity index (χ0) is 13.0. The van der Waals surface area contributed by atoms with E-state index in [2.05, 4.69) is 37.1 Å². The highest BCUT2D eigenvalue weighted by Crippen LogP contribution is 2.24. The largest absolute Gasteiger partial charge is 0.468 e. The summed E-state index contributed by atoms with van der Waals surface area (Å²) in [5.41, 5.74) is 1.26. The number of furan rings is 1. The van der Waals surface area contributed by atoms with Gasteiger partial charge >= 0.3 is 0 Å². The van der Waals surface area contributed by atoms with Gasteiger partial charge in [-0.15, -0.1) is 0 Å². The van der Waals surface area contributed by atoms with E-state index in [1.54, 1.807) is 0 Å². The fraction of sp³-hybridized carbons (Fsp3) is 0.733. The summed E-state index contributed by atoms with van der Waals surface area (Å²) in [4.78, 5) is 2.50. The zero-order valence-electron chi connectivity index (χ0n) is 11.9. The van der Waals surface area contributed by atoms with Crippen molar-refractivity contribution in [3.8, 4) is 0 Å². The summed E-state index contributed by atoms with van der Waals surface area (Å²) >= 11 is 0. The van der Waals surface area contributed by atoms with Gasteiger partial charge in [0.15, 0.2) is 0 Å². The van der Waals surface area contributed by atoms with Crippen LogP contribution in [0.15, 0.2) is 16.7 Å². The van der Waals surface area contributed by atoms with Crippen LogP contribution in [-0.2, 0) is 13.1 Å². The van der Waals surface area contributed by atoms with Crippen LogP contribution in [0.5, 0.6) is 0 Å². The lowest BCUT2D eigenvalue weighted by atomic mass is 10.0. The topological polar surface area (TPSA) is 28.4 Å². The second-order valence-electron chi connectivity index (χ2n) is 5.75. The molecule has 2 rings (SSSR count). The maximum absolute atomic E-state index is 5.65. The molecule has 2 atom stereocenters. The highest BCUT2D eigenvalue weighted by Gasteiger charge is 2.26. The van der Waals surface area contributed by atoms with Crippen LogP contribution in [0.25, 0.3) is 0 Å². The Morgan fingerprint density at radius 3 is 2.72 bits per heavy atom. The van der Waals surface area contributed by atoms with Gasteiger partial charge in [-0.25, -0.2) is 0 Å². The first-order valence-electron chi connectivity index (χ1n) is 7.18. The molecule has 1 aliphatic rings. The normalized spacial score (nSPS) is 24.8. The van der Waals surface area contributed by atoms with Gasteiger partial charge in [-0.1, -0.05) is 20.8 Å². The minimum atomic E-state index is 0.811. The van der Waals surface area contributed by atoms with Gasteiger partial charge in [0, 0.05) is 25.2 Å². The zero-order valence-corrected chi connectivity index (χ0v) is 11.9. The average molecular weight is 250 g/mol. The molecule has 0 aromatic carbocycles. The van der Waals surface area contributed by atoms with Crippen molar-refractivity contribution in [3.05, 3.63) is 23.7 Å². The van der Waals surface area contributed by atoms with Gasteiger partial charge in [0.1, 0.15) is 5.76 Å². The van der Waals surface area contributed by atoms with E-state index < -0.39 is 0 Å². The van der Waals surface area contributed by atoms with Crippen molar-refractivity contribution >= 4 is 0 Å². The second kappa shape index (κ2) is 6.39. The van der Waals surface area contributed by atoms with Gasteiger partial charge in [0.05, 0.1) is 12.8 Å². The Labute approximate surface area is 111 Å². The molecular weight excluding hydrogens is 224 g/mol. The molecule has 1 aliphatic heterocycles. The molecule has 0 radical (unpaired) electrons. The van der Waals surface area contributed by atoms with Crippen molar-refractivity contribution in [2.75, 3.05) is 19.6 Å². The predicted molar refractivity (Wildman–Crippen MR) is 74.3 cm³/mol. The molecule has 2 unspecified atom stereocenters. The van der Waals surface area contributed by atoms with Gasteiger partial charge in [0.2, 0.25) is 0 Å². The molecule has 0 bridgehead atoms. The first-order chi connectivity index (χ1) is 8.69. The monoisotopic (exact) mass is 250 g/mol. The van der Waals surface area contributed by atoms with Crippen LogP contribution in [0, 0.1) is 11.8 Å². The molecule has 18 heavy (non-hydrogen) atoms. The van der Waals surface area contributed by atoms with Crippen molar-refractivity contribution in [1.82, 2.24) is 10.2 Å². The van der Waals surface area contributed by atoms with E-state index in [0.717, 1.165) is 37.2 Å². The van der Waals surface area contributed by atoms with Crippen LogP contribution < -0.4 is 5.32 Å². The Morgan fingerprint density at radius 1 is 1.33 bits per heavy atom. The molecule has 0 spiro atoms. The number of nitrogens with zero attached hydrogens (tertiary/aromatic N) is 1. The van der Waals surface area contributed by atoms with Crippen LogP contribution in [0.3, 0.4) is 0 Å². The fourth-order valence-electron chi connectivity index (χ4n) is 2.61.